The topological polar surface area (TPSA) is 45.4 Å². The van der Waals surface area contributed by atoms with E-state index in [0.717, 1.165) is 47.7 Å². The van der Waals surface area contributed by atoms with Crippen molar-refractivity contribution in [2.75, 3.05) is 36.8 Å². The average molecular weight is 327 g/mol. The van der Waals surface area contributed by atoms with E-state index in [1.165, 1.54) is 0 Å². The molecule has 0 spiro atoms. The third-order valence-electron chi connectivity index (χ3n) is 3.81. The van der Waals surface area contributed by atoms with Crippen LogP contribution in [0.5, 0.6) is 0 Å². The summed E-state index contributed by atoms with van der Waals surface area (Å²) >= 11 is 3.62. The van der Waals surface area contributed by atoms with Crippen LogP contribution in [0.25, 0.3) is 0 Å². The fraction of sp³-hybridized carbons (Fsp3) is 0.643. The molecule has 0 aliphatic carbocycles. The van der Waals surface area contributed by atoms with E-state index in [1.54, 1.807) is 6.20 Å². The van der Waals surface area contributed by atoms with Crippen LogP contribution >= 0.6 is 15.9 Å². The molecule has 5 heteroatoms. The Morgan fingerprint density at radius 2 is 1.79 bits per heavy atom. The number of rotatable bonds is 1. The monoisotopic (exact) mass is 326 g/mol. The zero-order valence-corrected chi connectivity index (χ0v) is 13.8. The number of pyridine rings is 1. The Labute approximate surface area is 124 Å². The number of hydrogen-bond donors (Lipinski definition) is 1. The van der Waals surface area contributed by atoms with Crippen LogP contribution in [0.15, 0.2) is 10.7 Å². The van der Waals surface area contributed by atoms with Crippen molar-refractivity contribution in [2.45, 2.75) is 33.2 Å². The lowest BCUT2D eigenvalue weighted by atomic mass is 10.0. The number of aromatic nitrogens is 1. The van der Waals surface area contributed by atoms with Crippen LogP contribution in [0.4, 0.5) is 11.5 Å². The molecule has 1 fully saturated rings. The van der Waals surface area contributed by atoms with Crippen molar-refractivity contribution < 1.29 is 0 Å². The molecule has 2 heterocycles. The highest BCUT2D eigenvalue weighted by molar-refractivity contribution is 9.10. The second-order valence-corrected chi connectivity index (χ2v) is 6.91. The summed E-state index contributed by atoms with van der Waals surface area (Å²) in [6.45, 7) is 13.0. The lowest BCUT2D eigenvalue weighted by Gasteiger charge is -2.42. The van der Waals surface area contributed by atoms with Crippen molar-refractivity contribution in [1.29, 1.82) is 0 Å². The Hall–Kier alpha value is -0.810. The van der Waals surface area contributed by atoms with Gasteiger partial charge in [0.25, 0.3) is 0 Å². The van der Waals surface area contributed by atoms with Crippen LogP contribution in [-0.4, -0.2) is 41.6 Å². The molecule has 1 aromatic heterocycles. The lowest BCUT2D eigenvalue weighted by molar-refractivity contribution is 0.128. The average Bonchev–Trinajstić information content (AvgIpc) is 2.35. The standard InChI is InChI=1S/C14H23BrN4/c1-10-11(16)9-17-13(12(10)15)18-5-7-19(8-6-18)14(2,3)4/h9H,5-8,16H2,1-4H3. The zero-order chi connectivity index (χ0) is 14.2. The zero-order valence-electron chi connectivity index (χ0n) is 12.2. The van der Waals surface area contributed by atoms with Gasteiger partial charge in [-0.1, -0.05) is 0 Å². The minimum Gasteiger partial charge on any atom is -0.397 e. The first-order valence-electron chi connectivity index (χ1n) is 6.71. The largest absolute Gasteiger partial charge is 0.397 e. The maximum absolute atomic E-state index is 5.88. The van der Waals surface area contributed by atoms with Gasteiger partial charge in [-0.25, -0.2) is 4.98 Å². The van der Waals surface area contributed by atoms with Crippen LogP contribution in [0.2, 0.25) is 0 Å². The van der Waals surface area contributed by atoms with Crippen LogP contribution < -0.4 is 10.6 Å². The van der Waals surface area contributed by atoms with Gasteiger partial charge in [-0.05, 0) is 49.2 Å². The van der Waals surface area contributed by atoms with Crippen LogP contribution in [0.3, 0.4) is 0 Å². The summed E-state index contributed by atoms with van der Waals surface area (Å²) in [5.41, 5.74) is 7.94. The Kier molecular flexibility index (Phi) is 4.06. The number of hydrogen-bond acceptors (Lipinski definition) is 4. The molecule has 106 valence electrons. The van der Waals surface area contributed by atoms with Gasteiger partial charge in [0.15, 0.2) is 0 Å². The predicted octanol–water partition coefficient (Wildman–Crippen LogP) is 2.66. The third-order valence-corrected chi connectivity index (χ3v) is 4.76. The smallest absolute Gasteiger partial charge is 0.143 e. The second kappa shape index (κ2) is 5.29. The molecule has 1 aliphatic rings. The van der Waals surface area contributed by atoms with Crippen molar-refractivity contribution in [2.24, 2.45) is 0 Å². The molecule has 19 heavy (non-hydrogen) atoms. The molecule has 1 saturated heterocycles. The van der Waals surface area contributed by atoms with Gasteiger partial charge in [-0.2, -0.15) is 0 Å². The summed E-state index contributed by atoms with van der Waals surface area (Å²) in [7, 11) is 0. The van der Waals surface area contributed by atoms with Gasteiger partial charge < -0.3 is 10.6 Å². The van der Waals surface area contributed by atoms with Gasteiger partial charge in [0, 0.05) is 31.7 Å². The molecule has 0 saturated carbocycles. The number of nitrogens with two attached hydrogens (primary N) is 1. The molecular weight excluding hydrogens is 304 g/mol. The first-order valence-corrected chi connectivity index (χ1v) is 7.50. The summed E-state index contributed by atoms with van der Waals surface area (Å²) in [5, 5.41) is 0. The number of nitrogens with zero attached hydrogens (tertiary/aromatic N) is 3. The predicted molar refractivity (Wildman–Crippen MR) is 84.6 cm³/mol. The van der Waals surface area contributed by atoms with E-state index in [2.05, 4.69) is 51.5 Å². The summed E-state index contributed by atoms with van der Waals surface area (Å²) in [4.78, 5) is 9.33. The maximum Gasteiger partial charge on any atom is 0.143 e. The van der Waals surface area contributed by atoms with E-state index in [1.807, 2.05) is 6.92 Å². The summed E-state index contributed by atoms with van der Waals surface area (Å²) < 4.78 is 1.02. The molecule has 0 radical (unpaired) electrons. The molecule has 0 unspecified atom stereocenters. The Bertz CT molecular complexity index is 459. The molecule has 4 nitrogen and oxygen atoms in total. The Morgan fingerprint density at radius 3 is 2.32 bits per heavy atom. The highest BCUT2D eigenvalue weighted by Crippen LogP contribution is 2.31. The van der Waals surface area contributed by atoms with E-state index in [4.69, 9.17) is 5.73 Å². The summed E-state index contributed by atoms with van der Waals surface area (Å²) in [5.74, 6) is 1.01. The maximum atomic E-state index is 5.88. The van der Waals surface area contributed by atoms with E-state index < -0.39 is 0 Å². The quantitative estimate of drug-likeness (QED) is 0.861. The van der Waals surface area contributed by atoms with Crippen LogP contribution in [-0.2, 0) is 0 Å². The van der Waals surface area contributed by atoms with Gasteiger partial charge in [0.2, 0.25) is 0 Å². The fourth-order valence-electron chi connectivity index (χ4n) is 2.39. The first-order chi connectivity index (χ1) is 8.80. The van der Waals surface area contributed by atoms with Gasteiger partial charge in [0.05, 0.1) is 16.4 Å². The lowest BCUT2D eigenvalue weighted by Crippen LogP contribution is -2.53. The van der Waals surface area contributed by atoms with E-state index in [0.29, 0.717) is 0 Å². The second-order valence-electron chi connectivity index (χ2n) is 6.12. The van der Waals surface area contributed by atoms with Gasteiger partial charge in [0.1, 0.15) is 5.82 Å². The minimum atomic E-state index is 0.244. The Balaban J connectivity index is 2.12. The van der Waals surface area contributed by atoms with E-state index in [-0.39, 0.29) is 5.54 Å². The van der Waals surface area contributed by atoms with Crippen LogP contribution in [0.1, 0.15) is 26.3 Å². The SMILES string of the molecule is Cc1c(N)cnc(N2CCN(C(C)(C)C)CC2)c1Br. The van der Waals surface area contributed by atoms with Crippen molar-refractivity contribution in [3.05, 3.63) is 16.2 Å². The number of halogens is 1. The fourth-order valence-corrected chi connectivity index (χ4v) is 2.97. The van der Waals surface area contributed by atoms with E-state index >= 15 is 0 Å². The number of piperazine rings is 1. The van der Waals surface area contributed by atoms with Crippen molar-refractivity contribution in [3.63, 3.8) is 0 Å². The molecule has 2 rings (SSSR count). The molecule has 1 aromatic rings. The molecule has 1 aliphatic heterocycles. The molecule has 2 N–H and O–H groups in total. The number of nitrogen functional groups attached to an aromatic ring is 1. The minimum absolute atomic E-state index is 0.244. The summed E-state index contributed by atoms with van der Waals surface area (Å²) in [6, 6.07) is 0. The highest BCUT2D eigenvalue weighted by Gasteiger charge is 2.27. The highest BCUT2D eigenvalue weighted by atomic mass is 79.9. The van der Waals surface area contributed by atoms with Crippen LogP contribution in [0, 0.1) is 6.92 Å². The van der Waals surface area contributed by atoms with E-state index in [9.17, 15) is 0 Å². The van der Waals surface area contributed by atoms with Gasteiger partial charge in [-0.3, -0.25) is 4.90 Å². The van der Waals surface area contributed by atoms with Gasteiger partial charge in [-0.15, -0.1) is 0 Å². The molecule has 0 aromatic carbocycles. The van der Waals surface area contributed by atoms with Gasteiger partial charge >= 0.3 is 0 Å². The first kappa shape index (κ1) is 14.6. The van der Waals surface area contributed by atoms with Crippen molar-refractivity contribution >= 4 is 27.4 Å². The molecule has 0 atom stereocenters. The van der Waals surface area contributed by atoms with Crippen molar-refractivity contribution in [3.8, 4) is 0 Å². The van der Waals surface area contributed by atoms with Crippen molar-refractivity contribution in [1.82, 2.24) is 9.88 Å². The molecule has 0 bridgehead atoms. The molecular formula is C14H23BrN4. The summed E-state index contributed by atoms with van der Waals surface area (Å²) in [6.07, 6.45) is 1.76. The molecule has 0 amide bonds. The Morgan fingerprint density at radius 1 is 1.21 bits per heavy atom. The number of anilines is 2. The third kappa shape index (κ3) is 3.03. The normalized spacial score (nSPS) is 17.8.